The molecule has 0 aromatic heterocycles. The van der Waals surface area contributed by atoms with Crippen LogP contribution in [0, 0.1) is 5.82 Å². The molecule has 0 spiro atoms. The van der Waals surface area contributed by atoms with Crippen LogP contribution < -0.4 is 10.6 Å². The zero-order valence-electron chi connectivity index (χ0n) is 9.77. The lowest BCUT2D eigenvalue weighted by molar-refractivity contribution is -0.142. The van der Waals surface area contributed by atoms with Gasteiger partial charge < -0.3 is 15.4 Å². The summed E-state index contributed by atoms with van der Waals surface area (Å²) in [5.41, 5.74) is 0.660. The second-order valence-electron chi connectivity index (χ2n) is 4.14. The molecule has 18 heavy (non-hydrogen) atoms. The van der Waals surface area contributed by atoms with Crippen LogP contribution in [0.4, 0.5) is 10.1 Å². The molecule has 0 amide bonds. The van der Waals surface area contributed by atoms with E-state index in [4.69, 9.17) is 17.0 Å². The summed E-state index contributed by atoms with van der Waals surface area (Å²) < 4.78 is 17.7. The van der Waals surface area contributed by atoms with Crippen LogP contribution in [0.15, 0.2) is 24.3 Å². The Morgan fingerprint density at radius 3 is 2.67 bits per heavy atom. The van der Waals surface area contributed by atoms with E-state index < -0.39 is 6.04 Å². The number of anilines is 1. The van der Waals surface area contributed by atoms with E-state index in [1.165, 1.54) is 12.1 Å². The average Bonchev–Trinajstić information content (AvgIpc) is 2.61. The quantitative estimate of drug-likeness (QED) is 0.633. The summed E-state index contributed by atoms with van der Waals surface area (Å²) in [6, 6.07) is 5.38. The van der Waals surface area contributed by atoms with Crippen molar-refractivity contribution >= 4 is 29.0 Å². The first kappa shape index (κ1) is 12.8. The molecule has 96 valence electrons. The molecule has 0 saturated carbocycles. The normalized spacial score (nSPS) is 22.4. The van der Waals surface area contributed by atoms with Gasteiger partial charge in [-0.05, 0) is 43.4 Å². The Kier molecular flexibility index (Phi) is 3.76. The van der Waals surface area contributed by atoms with Crippen LogP contribution in [-0.4, -0.2) is 23.2 Å². The Bertz CT molecular complexity index is 464. The third-order valence-corrected chi connectivity index (χ3v) is 2.80. The Morgan fingerprint density at radius 1 is 1.44 bits per heavy atom. The maximum Gasteiger partial charge on any atom is 0.329 e. The van der Waals surface area contributed by atoms with Crippen LogP contribution in [0.3, 0.4) is 0 Å². The van der Waals surface area contributed by atoms with E-state index in [9.17, 15) is 9.18 Å². The fourth-order valence-electron chi connectivity index (χ4n) is 1.73. The van der Waals surface area contributed by atoms with Gasteiger partial charge in [0.05, 0.1) is 0 Å². The fourth-order valence-corrected chi connectivity index (χ4v) is 1.99. The Labute approximate surface area is 110 Å². The lowest BCUT2D eigenvalue weighted by Crippen LogP contribution is -2.40. The molecule has 1 aliphatic rings. The number of ether oxygens (including phenoxy) is 1. The summed E-state index contributed by atoms with van der Waals surface area (Å²) in [4.78, 5) is 11.4. The maximum absolute atomic E-state index is 12.7. The van der Waals surface area contributed by atoms with Gasteiger partial charge in [0.2, 0.25) is 0 Å². The summed E-state index contributed by atoms with van der Waals surface area (Å²) in [5, 5.41) is 6.07. The van der Waals surface area contributed by atoms with Crippen molar-refractivity contribution in [3.05, 3.63) is 30.1 Å². The van der Waals surface area contributed by atoms with Gasteiger partial charge in [-0.25, -0.2) is 9.18 Å². The molecular weight excluding hydrogens is 255 g/mol. The second-order valence-corrected chi connectivity index (χ2v) is 4.55. The first-order valence-electron chi connectivity index (χ1n) is 5.58. The molecule has 1 heterocycles. The van der Waals surface area contributed by atoms with Gasteiger partial charge in [0.1, 0.15) is 18.0 Å². The molecule has 1 aliphatic heterocycles. The van der Waals surface area contributed by atoms with E-state index in [1.807, 2.05) is 6.92 Å². The minimum Gasteiger partial charge on any atom is -0.461 e. The first-order chi connectivity index (χ1) is 8.54. The van der Waals surface area contributed by atoms with E-state index in [0.29, 0.717) is 17.2 Å². The molecule has 6 heteroatoms. The monoisotopic (exact) mass is 268 g/mol. The van der Waals surface area contributed by atoms with Crippen molar-refractivity contribution in [1.82, 2.24) is 5.32 Å². The van der Waals surface area contributed by atoms with Crippen molar-refractivity contribution in [3.8, 4) is 0 Å². The predicted octanol–water partition coefficient (Wildman–Crippen LogP) is 1.82. The first-order valence-corrected chi connectivity index (χ1v) is 5.99. The predicted molar refractivity (Wildman–Crippen MR) is 69.7 cm³/mol. The third kappa shape index (κ3) is 3.16. The van der Waals surface area contributed by atoms with Crippen molar-refractivity contribution in [1.29, 1.82) is 0 Å². The molecule has 0 aliphatic carbocycles. The van der Waals surface area contributed by atoms with Crippen molar-refractivity contribution in [3.63, 3.8) is 0 Å². The molecule has 1 aromatic carbocycles. The van der Waals surface area contributed by atoms with Crippen LogP contribution in [0.25, 0.3) is 0 Å². The van der Waals surface area contributed by atoms with Crippen molar-refractivity contribution in [2.45, 2.75) is 25.5 Å². The van der Waals surface area contributed by atoms with E-state index in [1.54, 1.807) is 12.1 Å². The largest absolute Gasteiger partial charge is 0.461 e. The number of hydrogen-bond acceptors (Lipinski definition) is 3. The standard InChI is InChI=1S/C12H13FN2O2S/c1-7-6-10(11(16)17-7)15-12(18)14-9-4-2-8(13)3-5-9/h2-5,7,10H,6H2,1H3,(H2,14,15,18)/t7-,10-/m0/s1. The summed E-state index contributed by atoms with van der Waals surface area (Å²) >= 11 is 5.07. The summed E-state index contributed by atoms with van der Waals surface area (Å²) in [7, 11) is 0. The van der Waals surface area contributed by atoms with Gasteiger partial charge in [0, 0.05) is 12.1 Å². The minimum absolute atomic E-state index is 0.0939. The van der Waals surface area contributed by atoms with Gasteiger partial charge in [-0.3, -0.25) is 0 Å². The molecule has 2 rings (SSSR count). The SMILES string of the molecule is C[C@H]1C[C@H](NC(=S)Nc2ccc(F)cc2)C(=O)O1. The van der Waals surface area contributed by atoms with Crippen molar-refractivity contribution in [2.24, 2.45) is 0 Å². The van der Waals surface area contributed by atoms with Crippen LogP contribution in [0.2, 0.25) is 0 Å². The van der Waals surface area contributed by atoms with Gasteiger partial charge in [-0.2, -0.15) is 0 Å². The number of rotatable bonds is 2. The second kappa shape index (κ2) is 5.30. The molecule has 0 radical (unpaired) electrons. The molecule has 0 bridgehead atoms. The van der Waals surface area contributed by atoms with Gasteiger partial charge in [0.25, 0.3) is 0 Å². The Morgan fingerprint density at radius 2 is 2.11 bits per heavy atom. The number of benzene rings is 1. The summed E-state index contributed by atoms with van der Waals surface area (Å²) in [6.45, 7) is 1.83. The zero-order valence-corrected chi connectivity index (χ0v) is 10.6. The van der Waals surface area contributed by atoms with E-state index in [-0.39, 0.29) is 17.9 Å². The van der Waals surface area contributed by atoms with Gasteiger partial charge in [0.15, 0.2) is 5.11 Å². The highest BCUT2D eigenvalue weighted by Crippen LogP contribution is 2.14. The number of halogens is 1. The van der Waals surface area contributed by atoms with Crippen molar-refractivity contribution < 1.29 is 13.9 Å². The molecule has 0 unspecified atom stereocenters. The number of hydrogen-bond donors (Lipinski definition) is 2. The number of carbonyl (C=O) groups is 1. The number of esters is 1. The van der Waals surface area contributed by atoms with Gasteiger partial charge in [-0.15, -0.1) is 0 Å². The van der Waals surface area contributed by atoms with Crippen molar-refractivity contribution in [2.75, 3.05) is 5.32 Å². The molecular formula is C12H13FN2O2S. The highest BCUT2D eigenvalue weighted by Gasteiger charge is 2.32. The van der Waals surface area contributed by atoms with Crippen LogP contribution in [0.5, 0.6) is 0 Å². The van der Waals surface area contributed by atoms with Crippen LogP contribution in [-0.2, 0) is 9.53 Å². The van der Waals surface area contributed by atoms with E-state index >= 15 is 0 Å². The fraction of sp³-hybridized carbons (Fsp3) is 0.333. The Balaban J connectivity index is 1.89. The molecule has 4 nitrogen and oxygen atoms in total. The summed E-state index contributed by atoms with van der Waals surface area (Å²) in [5.74, 6) is -0.613. The topological polar surface area (TPSA) is 50.4 Å². The highest BCUT2D eigenvalue weighted by atomic mass is 32.1. The molecule has 1 saturated heterocycles. The van der Waals surface area contributed by atoms with E-state index in [0.717, 1.165) is 0 Å². The molecule has 1 fully saturated rings. The lowest BCUT2D eigenvalue weighted by Gasteiger charge is -2.13. The minimum atomic E-state index is -0.416. The number of thiocarbonyl (C=S) groups is 1. The maximum atomic E-state index is 12.7. The number of nitrogens with one attached hydrogen (secondary N) is 2. The van der Waals surface area contributed by atoms with E-state index in [2.05, 4.69) is 10.6 Å². The third-order valence-electron chi connectivity index (χ3n) is 2.58. The summed E-state index contributed by atoms with van der Waals surface area (Å²) in [6.07, 6.45) is 0.494. The van der Waals surface area contributed by atoms with Crippen LogP contribution in [0.1, 0.15) is 13.3 Å². The van der Waals surface area contributed by atoms with Gasteiger partial charge >= 0.3 is 5.97 Å². The molecule has 2 N–H and O–H groups in total. The van der Waals surface area contributed by atoms with Crippen LogP contribution >= 0.6 is 12.2 Å². The highest BCUT2D eigenvalue weighted by molar-refractivity contribution is 7.80. The van der Waals surface area contributed by atoms with Gasteiger partial charge in [-0.1, -0.05) is 0 Å². The lowest BCUT2D eigenvalue weighted by atomic mass is 10.2. The smallest absolute Gasteiger partial charge is 0.329 e. The Hall–Kier alpha value is -1.69. The number of cyclic esters (lactones) is 1. The molecule has 2 atom stereocenters. The zero-order chi connectivity index (χ0) is 13.1. The number of carbonyl (C=O) groups excluding carboxylic acids is 1. The average molecular weight is 268 g/mol. The molecule has 1 aromatic rings.